The summed E-state index contributed by atoms with van der Waals surface area (Å²) in [6, 6.07) is 6.68. The van der Waals surface area contributed by atoms with E-state index in [-0.39, 0.29) is 28.9 Å². The Hall–Kier alpha value is -1.80. The van der Waals surface area contributed by atoms with Crippen LogP contribution in [0.1, 0.15) is 91.9 Å². The number of aliphatic hydroxyl groups is 1. The monoisotopic (exact) mass is 600 g/mol. The third-order valence-electron chi connectivity index (χ3n) is 13.2. The molecule has 0 radical (unpaired) electrons. The van der Waals surface area contributed by atoms with Gasteiger partial charge in [-0.05, 0) is 134 Å². The molecule has 1 saturated heterocycles. The van der Waals surface area contributed by atoms with Crippen LogP contribution in [-0.4, -0.2) is 45.4 Å². The lowest BCUT2D eigenvalue weighted by molar-refractivity contribution is -0.153. The number of nitrogens with zero attached hydrogens (tertiary/aromatic N) is 1. The zero-order valence-corrected chi connectivity index (χ0v) is 26.9. The molecule has 0 aromatic heterocycles. The van der Waals surface area contributed by atoms with E-state index < -0.39 is 16.1 Å². The SMILES string of the molecule is CC[C@H]1C[C@@H]2[C@H](CC[C@]3(C)C([C@H](C)COC(=O)NS(=O)(=O)c4ccc(N5CCC5)cc4)CC[C@@H]23)C2(C)CC[C@@H](O)CC12. The molecule has 1 aromatic rings. The van der Waals surface area contributed by atoms with Gasteiger partial charge in [0.1, 0.15) is 0 Å². The molecule has 0 bridgehead atoms. The predicted octanol–water partition coefficient (Wildman–Crippen LogP) is 6.60. The van der Waals surface area contributed by atoms with E-state index >= 15 is 0 Å². The molecule has 234 valence electrons. The Morgan fingerprint density at radius 1 is 1.02 bits per heavy atom. The van der Waals surface area contributed by atoms with Crippen molar-refractivity contribution in [3.05, 3.63) is 24.3 Å². The number of sulfonamides is 1. The highest BCUT2D eigenvalue weighted by Crippen LogP contribution is 2.69. The summed E-state index contributed by atoms with van der Waals surface area (Å²) in [4.78, 5) is 14.9. The minimum Gasteiger partial charge on any atom is -0.449 e. The van der Waals surface area contributed by atoms with Gasteiger partial charge in [-0.1, -0.05) is 34.1 Å². The summed E-state index contributed by atoms with van der Waals surface area (Å²) in [5.41, 5.74) is 1.56. The zero-order valence-electron chi connectivity index (χ0n) is 26.1. The van der Waals surface area contributed by atoms with Crippen molar-refractivity contribution in [2.45, 2.75) is 103 Å². The molecule has 3 unspecified atom stereocenters. The van der Waals surface area contributed by atoms with Crippen LogP contribution in [0.25, 0.3) is 0 Å². The second-order valence-electron chi connectivity index (χ2n) is 15.1. The molecule has 4 saturated carbocycles. The number of ether oxygens (including phenoxy) is 1. The molecule has 1 aromatic carbocycles. The fourth-order valence-electron chi connectivity index (χ4n) is 10.8. The second kappa shape index (κ2) is 11.3. The molecule has 1 aliphatic heterocycles. The molecule has 5 aliphatic rings. The van der Waals surface area contributed by atoms with Crippen LogP contribution in [-0.2, 0) is 14.8 Å². The second-order valence-corrected chi connectivity index (χ2v) is 16.7. The molecule has 8 heteroatoms. The topological polar surface area (TPSA) is 95.9 Å². The summed E-state index contributed by atoms with van der Waals surface area (Å²) < 4.78 is 33.4. The van der Waals surface area contributed by atoms with Crippen LogP contribution < -0.4 is 9.62 Å². The molecular weight excluding hydrogens is 548 g/mol. The number of rotatable bonds is 7. The van der Waals surface area contributed by atoms with Gasteiger partial charge in [0.2, 0.25) is 0 Å². The fourth-order valence-corrected chi connectivity index (χ4v) is 11.7. The van der Waals surface area contributed by atoms with Crippen LogP contribution >= 0.6 is 0 Å². The lowest BCUT2D eigenvalue weighted by Gasteiger charge is -2.63. The van der Waals surface area contributed by atoms with E-state index in [0.717, 1.165) is 62.7 Å². The quantitative estimate of drug-likeness (QED) is 0.366. The normalized spacial score (nSPS) is 40.2. The van der Waals surface area contributed by atoms with Crippen LogP contribution in [0.15, 0.2) is 29.2 Å². The number of anilines is 1. The number of fused-ring (bicyclic) bond motifs is 5. The zero-order chi connectivity index (χ0) is 29.9. The van der Waals surface area contributed by atoms with Crippen LogP contribution in [0.4, 0.5) is 10.5 Å². The smallest absolute Gasteiger partial charge is 0.421 e. The van der Waals surface area contributed by atoms with Crippen molar-refractivity contribution >= 4 is 21.8 Å². The van der Waals surface area contributed by atoms with Crippen molar-refractivity contribution in [3.8, 4) is 0 Å². The Bertz CT molecular complexity index is 1250. The van der Waals surface area contributed by atoms with Crippen molar-refractivity contribution in [2.24, 2.45) is 52.3 Å². The maximum atomic E-state index is 12.8. The number of benzene rings is 1. The van der Waals surface area contributed by atoms with Crippen LogP contribution in [0.3, 0.4) is 0 Å². The minimum atomic E-state index is -3.99. The van der Waals surface area contributed by atoms with Crippen molar-refractivity contribution in [2.75, 3.05) is 24.6 Å². The summed E-state index contributed by atoms with van der Waals surface area (Å²) in [5, 5.41) is 10.5. The van der Waals surface area contributed by atoms with Gasteiger partial charge >= 0.3 is 6.09 Å². The molecule has 4 aliphatic carbocycles. The van der Waals surface area contributed by atoms with Crippen molar-refractivity contribution in [1.82, 2.24) is 4.72 Å². The number of aliphatic hydroxyl groups excluding tert-OH is 1. The van der Waals surface area contributed by atoms with Gasteiger partial charge < -0.3 is 14.7 Å². The van der Waals surface area contributed by atoms with Gasteiger partial charge in [-0.15, -0.1) is 0 Å². The first-order valence-corrected chi connectivity index (χ1v) is 18.2. The molecule has 10 atom stereocenters. The Labute approximate surface area is 253 Å². The maximum absolute atomic E-state index is 12.8. The summed E-state index contributed by atoms with van der Waals surface area (Å²) in [7, 11) is -3.99. The number of hydrogen-bond acceptors (Lipinski definition) is 6. The van der Waals surface area contributed by atoms with E-state index in [1.54, 1.807) is 24.3 Å². The number of amides is 1. The standard InChI is InChI=1S/C34H52N2O5S/c1-5-23-19-27-29-12-11-28(33(29,3)16-14-30(27)34(4)15-13-25(37)20-31(23)34)22(2)21-41-32(38)35-42(39,40)26-9-7-24(8-10-26)36-17-6-18-36/h7-10,22-23,25,27-31,37H,5-6,11-21H2,1-4H3,(H,35,38)/t22-,23+,25-,27+,28?,29+,30+,31?,33-,34?/m1/s1. The predicted molar refractivity (Wildman–Crippen MR) is 164 cm³/mol. The minimum absolute atomic E-state index is 0.0703. The molecule has 7 nitrogen and oxygen atoms in total. The van der Waals surface area contributed by atoms with E-state index in [9.17, 15) is 18.3 Å². The number of carbonyl (C=O) groups excluding carboxylic acids is 1. The number of nitrogens with one attached hydrogen (secondary N) is 1. The molecule has 1 heterocycles. The number of carbonyl (C=O) groups is 1. The first-order chi connectivity index (χ1) is 20.0. The number of hydrogen-bond donors (Lipinski definition) is 2. The highest BCUT2D eigenvalue weighted by atomic mass is 32.2. The van der Waals surface area contributed by atoms with Gasteiger partial charge in [-0.3, -0.25) is 0 Å². The molecule has 1 amide bonds. The highest BCUT2D eigenvalue weighted by Gasteiger charge is 2.62. The Balaban J connectivity index is 1.07. The van der Waals surface area contributed by atoms with Crippen molar-refractivity contribution in [3.63, 3.8) is 0 Å². The van der Waals surface area contributed by atoms with Gasteiger partial charge in [-0.25, -0.2) is 17.9 Å². The Morgan fingerprint density at radius 2 is 1.71 bits per heavy atom. The van der Waals surface area contributed by atoms with Crippen molar-refractivity contribution in [1.29, 1.82) is 0 Å². The fraction of sp³-hybridized carbons (Fsp3) is 0.794. The summed E-state index contributed by atoms with van der Waals surface area (Å²) in [6.07, 6.45) is 10.6. The van der Waals surface area contributed by atoms with Crippen LogP contribution in [0, 0.1) is 52.3 Å². The molecule has 0 spiro atoms. The Kier molecular flexibility index (Phi) is 8.12. The van der Waals surface area contributed by atoms with Gasteiger partial charge in [-0.2, -0.15) is 0 Å². The van der Waals surface area contributed by atoms with Crippen LogP contribution in [0.2, 0.25) is 0 Å². The highest BCUT2D eigenvalue weighted by molar-refractivity contribution is 7.90. The first kappa shape index (κ1) is 30.2. The lowest BCUT2D eigenvalue weighted by Crippen LogP contribution is -2.56. The van der Waals surface area contributed by atoms with Crippen molar-refractivity contribution < 1.29 is 23.1 Å². The van der Waals surface area contributed by atoms with E-state index in [4.69, 9.17) is 4.74 Å². The summed E-state index contributed by atoms with van der Waals surface area (Å²) in [6.45, 7) is 11.8. The van der Waals surface area contributed by atoms with E-state index in [0.29, 0.717) is 29.1 Å². The summed E-state index contributed by atoms with van der Waals surface area (Å²) in [5.74, 6) is 4.15. The average Bonchev–Trinajstić information content (AvgIpc) is 3.28. The molecule has 42 heavy (non-hydrogen) atoms. The molecule has 5 fully saturated rings. The van der Waals surface area contributed by atoms with Gasteiger partial charge in [0, 0.05) is 18.8 Å². The van der Waals surface area contributed by atoms with E-state index in [1.807, 2.05) is 0 Å². The molecular formula is C34H52N2O5S. The van der Waals surface area contributed by atoms with Gasteiger partial charge in [0.15, 0.2) is 0 Å². The van der Waals surface area contributed by atoms with E-state index in [2.05, 4.69) is 37.3 Å². The summed E-state index contributed by atoms with van der Waals surface area (Å²) >= 11 is 0. The third kappa shape index (κ3) is 5.16. The maximum Gasteiger partial charge on any atom is 0.421 e. The molecule has 6 rings (SSSR count). The largest absolute Gasteiger partial charge is 0.449 e. The Morgan fingerprint density at radius 3 is 2.38 bits per heavy atom. The van der Waals surface area contributed by atoms with Crippen LogP contribution in [0.5, 0.6) is 0 Å². The molecule has 2 N–H and O–H groups in total. The van der Waals surface area contributed by atoms with Gasteiger partial charge in [0.05, 0.1) is 17.6 Å². The van der Waals surface area contributed by atoms with Gasteiger partial charge in [0.25, 0.3) is 10.0 Å². The average molecular weight is 601 g/mol. The third-order valence-corrected chi connectivity index (χ3v) is 14.5. The first-order valence-electron chi connectivity index (χ1n) is 16.7. The van der Waals surface area contributed by atoms with E-state index in [1.165, 1.54) is 32.1 Å². The lowest BCUT2D eigenvalue weighted by atomic mass is 9.42.